The molecule has 0 saturated carbocycles. The molecule has 144 valence electrons. The number of aromatic nitrogens is 5. The molecule has 0 radical (unpaired) electrons. The van der Waals surface area contributed by atoms with Crippen molar-refractivity contribution in [3.63, 3.8) is 0 Å². The Bertz CT molecular complexity index is 1220. The Morgan fingerprint density at radius 1 is 1.29 bits per heavy atom. The highest BCUT2D eigenvalue weighted by Crippen LogP contribution is 2.28. The van der Waals surface area contributed by atoms with Crippen LogP contribution in [0, 0.1) is 0 Å². The van der Waals surface area contributed by atoms with E-state index >= 15 is 0 Å². The fourth-order valence-corrected chi connectivity index (χ4v) is 3.55. The summed E-state index contributed by atoms with van der Waals surface area (Å²) in [5.41, 5.74) is 1.11. The van der Waals surface area contributed by atoms with Crippen LogP contribution in [-0.2, 0) is 11.3 Å². The number of fused-ring (bicyclic) bond motifs is 3. The average molecular weight is 399 g/mol. The summed E-state index contributed by atoms with van der Waals surface area (Å²) in [5, 5.41) is 7.81. The summed E-state index contributed by atoms with van der Waals surface area (Å²) >= 11 is 1.39. The number of hydrogen-bond acceptors (Lipinski definition) is 8. The van der Waals surface area contributed by atoms with Crippen LogP contribution in [0.2, 0.25) is 0 Å². The Morgan fingerprint density at radius 2 is 2.04 bits per heavy atom. The molecule has 1 aromatic carbocycles. The van der Waals surface area contributed by atoms with Gasteiger partial charge in [0.2, 0.25) is 5.91 Å². The maximum atomic E-state index is 12.6. The maximum Gasteiger partial charge on any atom is 0.352 e. The summed E-state index contributed by atoms with van der Waals surface area (Å²) in [4.78, 5) is 35.4. The number of carbonyl (C=O) groups excluding carboxylic acids is 1. The predicted octanol–water partition coefficient (Wildman–Crippen LogP) is 1.21. The molecule has 10 nitrogen and oxygen atoms in total. The van der Waals surface area contributed by atoms with Gasteiger partial charge in [-0.05, 0) is 24.3 Å². The number of carbonyl (C=O) groups is 1. The number of nitrogens with zero attached hydrogens (tertiary/aromatic N) is 6. The highest BCUT2D eigenvalue weighted by molar-refractivity contribution is 7.22. The summed E-state index contributed by atoms with van der Waals surface area (Å²) < 4.78 is 8.21. The standard InChI is InChI=1S/C17H17N7O3S/c1-22(2)16-20-14-13(28-16)15-21-24(17(26)23(15)9-18-14)8-12(25)19-10-4-6-11(27-3)7-5-10/h4-7,9H,8H2,1-3H3,(H,19,25). The van der Waals surface area contributed by atoms with Gasteiger partial charge in [0.05, 0.1) is 7.11 Å². The first-order chi connectivity index (χ1) is 13.5. The molecule has 0 atom stereocenters. The van der Waals surface area contributed by atoms with Crippen LogP contribution in [0.5, 0.6) is 5.75 Å². The van der Waals surface area contributed by atoms with Crippen molar-refractivity contribution in [1.82, 2.24) is 24.1 Å². The zero-order valence-electron chi connectivity index (χ0n) is 15.4. The quantitative estimate of drug-likeness (QED) is 0.538. The number of benzene rings is 1. The van der Waals surface area contributed by atoms with Crippen molar-refractivity contribution in [2.75, 3.05) is 31.4 Å². The van der Waals surface area contributed by atoms with Crippen molar-refractivity contribution >= 4 is 44.1 Å². The molecule has 0 aliphatic heterocycles. The van der Waals surface area contributed by atoms with Crippen molar-refractivity contribution in [2.45, 2.75) is 6.54 Å². The summed E-state index contributed by atoms with van der Waals surface area (Å²) in [6.45, 7) is -0.215. The Balaban J connectivity index is 1.62. The monoisotopic (exact) mass is 399 g/mol. The molecule has 3 aromatic heterocycles. The lowest BCUT2D eigenvalue weighted by atomic mass is 10.3. The summed E-state index contributed by atoms with van der Waals surface area (Å²) in [6.07, 6.45) is 1.38. The van der Waals surface area contributed by atoms with Crippen LogP contribution in [0.3, 0.4) is 0 Å². The van der Waals surface area contributed by atoms with E-state index in [2.05, 4.69) is 20.4 Å². The maximum absolute atomic E-state index is 12.6. The Kier molecular flexibility index (Phi) is 4.43. The number of anilines is 2. The fraction of sp³-hybridized carbons (Fsp3) is 0.235. The van der Waals surface area contributed by atoms with Crippen LogP contribution < -0.4 is 20.6 Å². The van der Waals surface area contributed by atoms with Crippen molar-refractivity contribution in [3.05, 3.63) is 41.1 Å². The van der Waals surface area contributed by atoms with E-state index in [1.54, 1.807) is 31.4 Å². The van der Waals surface area contributed by atoms with Crippen LogP contribution in [-0.4, -0.2) is 51.3 Å². The second-order valence-electron chi connectivity index (χ2n) is 6.20. The lowest BCUT2D eigenvalue weighted by Crippen LogP contribution is -2.28. The summed E-state index contributed by atoms with van der Waals surface area (Å²) in [7, 11) is 5.33. The summed E-state index contributed by atoms with van der Waals surface area (Å²) in [5.74, 6) is 0.325. The van der Waals surface area contributed by atoms with Gasteiger partial charge in [-0.2, -0.15) is 4.98 Å². The fourth-order valence-electron chi connectivity index (χ4n) is 2.63. The Labute approximate surface area is 163 Å². The van der Waals surface area contributed by atoms with Gasteiger partial charge < -0.3 is 15.0 Å². The van der Waals surface area contributed by atoms with Gasteiger partial charge in [0.15, 0.2) is 16.4 Å². The SMILES string of the molecule is COc1ccc(NC(=O)Cn2nc3c4sc(N(C)C)nc4ncn3c2=O)cc1. The van der Waals surface area contributed by atoms with Crippen molar-refractivity contribution in [1.29, 1.82) is 0 Å². The lowest BCUT2D eigenvalue weighted by Gasteiger charge is -2.05. The van der Waals surface area contributed by atoms with Gasteiger partial charge in [-0.3, -0.25) is 4.79 Å². The molecule has 0 aliphatic rings. The van der Waals surface area contributed by atoms with Gasteiger partial charge >= 0.3 is 5.69 Å². The molecule has 1 N–H and O–H groups in total. The van der Waals surface area contributed by atoms with Gasteiger partial charge in [0, 0.05) is 19.8 Å². The number of nitrogens with one attached hydrogen (secondary N) is 1. The molecule has 1 amide bonds. The van der Waals surface area contributed by atoms with Crippen LogP contribution in [0.15, 0.2) is 35.4 Å². The minimum atomic E-state index is -0.436. The van der Waals surface area contributed by atoms with Crippen molar-refractivity contribution in [3.8, 4) is 5.75 Å². The molecule has 0 fully saturated rings. The van der Waals surface area contributed by atoms with Gasteiger partial charge in [-0.25, -0.2) is 18.9 Å². The van der Waals surface area contributed by atoms with E-state index in [0.29, 0.717) is 27.4 Å². The number of thiazole rings is 1. The molecule has 3 heterocycles. The highest BCUT2D eigenvalue weighted by atomic mass is 32.1. The van der Waals surface area contributed by atoms with Gasteiger partial charge in [-0.15, -0.1) is 5.10 Å². The number of methoxy groups -OCH3 is 1. The molecule has 0 aliphatic carbocycles. The average Bonchev–Trinajstić information content (AvgIpc) is 3.24. The number of hydrogen-bond donors (Lipinski definition) is 1. The number of ether oxygens (including phenoxy) is 1. The molecular weight excluding hydrogens is 382 g/mol. The third-order valence-electron chi connectivity index (χ3n) is 4.02. The van der Waals surface area contributed by atoms with E-state index in [0.717, 1.165) is 9.81 Å². The van der Waals surface area contributed by atoms with E-state index in [1.807, 2.05) is 19.0 Å². The van der Waals surface area contributed by atoms with Crippen LogP contribution in [0.4, 0.5) is 10.8 Å². The van der Waals surface area contributed by atoms with E-state index in [-0.39, 0.29) is 12.5 Å². The van der Waals surface area contributed by atoms with Crippen molar-refractivity contribution in [2.24, 2.45) is 0 Å². The van der Waals surface area contributed by atoms with Crippen LogP contribution in [0.25, 0.3) is 16.0 Å². The first-order valence-electron chi connectivity index (χ1n) is 8.32. The molecular formula is C17H17N7O3S. The third kappa shape index (κ3) is 3.16. The van der Waals surface area contributed by atoms with Gasteiger partial charge in [0.1, 0.15) is 23.3 Å². The number of rotatable bonds is 5. The molecule has 28 heavy (non-hydrogen) atoms. The second kappa shape index (κ2) is 6.93. The first-order valence-corrected chi connectivity index (χ1v) is 9.14. The van der Waals surface area contributed by atoms with Gasteiger partial charge in [0.25, 0.3) is 0 Å². The smallest absolute Gasteiger partial charge is 0.352 e. The largest absolute Gasteiger partial charge is 0.497 e. The zero-order valence-corrected chi connectivity index (χ0v) is 16.2. The second-order valence-corrected chi connectivity index (χ2v) is 7.18. The predicted molar refractivity (Wildman–Crippen MR) is 106 cm³/mol. The molecule has 11 heteroatoms. The molecule has 4 rings (SSSR count). The van der Waals surface area contributed by atoms with E-state index in [4.69, 9.17) is 4.74 Å². The minimum Gasteiger partial charge on any atom is -0.497 e. The van der Waals surface area contributed by atoms with Gasteiger partial charge in [-0.1, -0.05) is 11.3 Å². The highest BCUT2D eigenvalue weighted by Gasteiger charge is 2.17. The minimum absolute atomic E-state index is 0.215. The lowest BCUT2D eigenvalue weighted by molar-refractivity contribution is -0.117. The molecule has 0 unspecified atom stereocenters. The van der Waals surface area contributed by atoms with Crippen LogP contribution >= 0.6 is 11.3 Å². The van der Waals surface area contributed by atoms with E-state index < -0.39 is 5.69 Å². The van der Waals surface area contributed by atoms with Crippen molar-refractivity contribution < 1.29 is 9.53 Å². The topological polar surface area (TPSA) is 107 Å². The normalized spacial score (nSPS) is 11.1. The third-order valence-corrected chi connectivity index (χ3v) is 5.23. The number of amides is 1. The Hall–Kier alpha value is -3.47. The van der Waals surface area contributed by atoms with E-state index in [1.165, 1.54) is 22.1 Å². The first kappa shape index (κ1) is 17.9. The molecule has 0 spiro atoms. The molecule has 4 aromatic rings. The zero-order chi connectivity index (χ0) is 19.8. The molecule has 0 bridgehead atoms. The van der Waals surface area contributed by atoms with E-state index in [9.17, 15) is 9.59 Å². The van der Waals surface area contributed by atoms with Crippen LogP contribution in [0.1, 0.15) is 0 Å². The molecule has 0 saturated heterocycles. The summed E-state index contributed by atoms with van der Waals surface area (Å²) in [6, 6.07) is 6.91. The Morgan fingerprint density at radius 3 is 2.71 bits per heavy atom.